The van der Waals surface area contributed by atoms with Gasteiger partial charge in [-0.2, -0.15) is 0 Å². The molecule has 0 fully saturated rings. The van der Waals surface area contributed by atoms with Crippen LogP contribution in [-0.2, 0) is 0 Å². The molecule has 96 valence electrons. The zero-order chi connectivity index (χ0) is 13.0. The number of benzene rings is 1. The molecular formula is C15H21N3. The summed E-state index contributed by atoms with van der Waals surface area (Å²) in [6.07, 6.45) is 2.02. The Hall–Kier alpha value is -1.61. The molecule has 0 aliphatic heterocycles. The molecule has 3 heteroatoms. The maximum absolute atomic E-state index is 5.93. The van der Waals surface area contributed by atoms with Crippen LogP contribution in [0.4, 0.5) is 5.69 Å². The number of aryl methyl sites for hydroxylation is 1. The third kappa shape index (κ3) is 2.99. The van der Waals surface area contributed by atoms with E-state index in [0.29, 0.717) is 0 Å². The number of rotatable bonds is 5. The van der Waals surface area contributed by atoms with Crippen molar-refractivity contribution in [2.75, 3.05) is 11.9 Å². The first kappa shape index (κ1) is 12.8. The first-order valence-corrected chi connectivity index (χ1v) is 6.56. The van der Waals surface area contributed by atoms with Gasteiger partial charge in [0.25, 0.3) is 0 Å². The summed E-state index contributed by atoms with van der Waals surface area (Å²) >= 11 is 0. The Balaban J connectivity index is 2.17. The quantitative estimate of drug-likeness (QED) is 0.848. The molecule has 0 aliphatic carbocycles. The fourth-order valence-electron chi connectivity index (χ4n) is 2.05. The van der Waals surface area contributed by atoms with Crippen molar-refractivity contribution in [2.24, 2.45) is 5.73 Å². The van der Waals surface area contributed by atoms with Gasteiger partial charge in [0.1, 0.15) is 0 Å². The molecule has 3 nitrogen and oxygen atoms in total. The minimum Gasteiger partial charge on any atom is -0.384 e. The van der Waals surface area contributed by atoms with Gasteiger partial charge in [0, 0.05) is 29.4 Å². The second-order valence-corrected chi connectivity index (χ2v) is 4.71. The molecule has 1 heterocycles. The number of hydrogen-bond acceptors (Lipinski definition) is 3. The molecule has 0 spiro atoms. The second-order valence-electron chi connectivity index (χ2n) is 4.71. The van der Waals surface area contributed by atoms with E-state index in [1.165, 1.54) is 5.39 Å². The van der Waals surface area contributed by atoms with Crippen molar-refractivity contribution in [1.29, 1.82) is 0 Å². The molecule has 0 aliphatic rings. The molecular weight excluding hydrogens is 222 g/mol. The van der Waals surface area contributed by atoms with Crippen LogP contribution in [0, 0.1) is 6.92 Å². The average molecular weight is 243 g/mol. The van der Waals surface area contributed by atoms with Crippen LogP contribution in [0.25, 0.3) is 10.9 Å². The van der Waals surface area contributed by atoms with Crippen LogP contribution in [0.5, 0.6) is 0 Å². The van der Waals surface area contributed by atoms with Gasteiger partial charge in [0.15, 0.2) is 0 Å². The van der Waals surface area contributed by atoms with Crippen LogP contribution in [0.2, 0.25) is 0 Å². The molecule has 0 saturated heterocycles. The number of fused-ring (bicyclic) bond motifs is 1. The lowest BCUT2D eigenvalue weighted by Gasteiger charge is -2.13. The van der Waals surface area contributed by atoms with E-state index in [-0.39, 0.29) is 6.04 Å². The van der Waals surface area contributed by atoms with Crippen molar-refractivity contribution in [2.45, 2.75) is 32.7 Å². The number of pyridine rings is 1. The molecule has 3 N–H and O–H groups in total. The number of hydrogen-bond donors (Lipinski definition) is 2. The molecule has 1 aromatic carbocycles. The summed E-state index contributed by atoms with van der Waals surface area (Å²) in [6, 6.07) is 10.6. The Kier molecular flexibility index (Phi) is 4.15. The van der Waals surface area contributed by atoms with Crippen LogP contribution < -0.4 is 11.1 Å². The van der Waals surface area contributed by atoms with E-state index in [9.17, 15) is 0 Å². The van der Waals surface area contributed by atoms with Gasteiger partial charge < -0.3 is 11.1 Å². The van der Waals surface area contributed by atoms with Crippen molar-refractivity contribution in [3.8, 4) is 0 Å². The van der Waals surface area contributed by atoms with E-state index in [1.54, 1.807) is 0 Å². The SMILES string of the molecule is CCC(N)CCNc1cc(C)nc2ccccc12. The smallest absolute Gasteiger partial charge is 0.0725 e. The highest BCUT2D eigenvalue weighted by atomic mass is 14.9. The van der Waals surface area contributed by atoms with Gasteiger partial charge in [-0.1, -0.05) is 25.1 Å². The topological polar surface area (TPSA) is 50.9 Å². The maximum atomic E-state index is 5.93. The lowest BCUT2D eigenvalue weighted by Crippen LogP contribution is -2.22. The summed E-state index contributed by atoms with van der Waals surface area (Å²) in [7, 11) is 0. The second kappa shape index (κ2) is 5.83. The standard InChI is InChI=1S/C15H21N3/c1-3-12(16)8-9-17-15-10-11(2)18-14-7-5-4-6-13(14)15/h4-7,10,12H,3,8-9,16H2,1-2H3,(H,17,18). The number of para-hydroxylation sites is 1. The van der Waals surface area contributed by atoms with Gasteiger partial charge in [-0.15, -0.1) is 0 Å². The van der Waals surface area contributed by atoms with Crippen LogP contribution in [-0.4, -0.2) is 17.6 Å². The summed E-state index contributed by atoms with van der Waals surface area (Å²) < 4.78 is 0. The van der Waals surface area contributed by atoms with E-state index in [0.717, 1.165) is 36.3 Å². The number of nitrogens with zero attached hydrogens (tertiary/aromatic N) is 1. The number of anilines is 1. The summed E-state index contributed by atoms with van der Waals surface area (Å²) in [5.74, 6) is 0. The predicted octanol–water partition coefficient (Wildman–Crippen LogP) is 3.08. The Labute approximate surface area is 108 Å². The Morgan fingerprint density at radius 1 is 1.33 bits per heavy atom. The minimum atomic E-state index is 0.284. The van der Waals surface area contributed by atoms with Crippen molar-refractivity contribution >= 4 is 16.6 Å². The van der Waals surface area contributed by atoms with Crippen LogP contribution in [0.3, 0.4) is 0 Å². The van der Waals surface area contributed by atoms with Crippen molar-refractivity contribution in [3.05, 3.63) is 36.0 Å². The van der Waals surface area contributed by atoms with E-state index in [2.05, 4.69) is 29.4 Å². The van der Waals surface area contributed by atoms with E-state index in [1.807, 2.05) is 25.1 Å². The maximum Gasteiger partial charge on any atom is 0.0725 e. The van der Waals surface area contributed by atoms with Crippen LogP contribution in [0.1, 0.15) is 25.5 Å². The molecule has 0 radical (unpaired) electrons. The van der Waals surface area contributed by atoms with Crippen molar-refractivity contribution in [1.82, 2.24) is 4.98 Å². The summed E-state index contributed by atoms with van der Waals surface area (Å²) in [4.78, 5) is 4.53. The summed E-state index contributed by atoms with van der Waals surface area (Å²) in [5.41, 5.74) is 9.16. The first-order chi connectivity index (χ1) is 8.70. The van der Waals surface area contributed by atoms with Crippen LogP contribution in [0.15, 0.2) is 30.3 Å². The summed E-state index contributed by atoms with van der Waals surface area (Å²) in [6.45, 7) is 5.05. The third-order valence-electron chi connectivity index (χ3n) is 3.20. The third-order valence-corrected chi connectivity index (χ3v) is 3.20. The van der Waals surface area contributed by atoms with Crippen LogP contribution >= 0.6 is 0 Å². The van der Waals surface area contributed by atoms with Gasteiger partial charge in [0.2, 0.25) is 0 Å². The molecule has 1 unspecified atom stereocenters. The van der Waals surface area contributed by atoms with E-state index < -0.39 is 0 Å². The van der Waals surface area contributed by atoms with Gasteiger partial charge in [0.05, 0.1) is 5.52 Å². The van der Waals surface area contributed by atoms with Gasteiger partial charge in [-0.3, -0.25) is 4.98 Å². The fourth-order valence-corrected chi connectivity index (χ4v) is 2.05. The number of nitrogens with two attached hydrogens (primary N) is 1. The van der Waals surface area contributed by atoms with Gasteiger partial charge >= 0.3 is 0 Å². The molecule has 1 atom stereocenters. The molecule has 2 rings (SSSR count). The Morgan fingerprint density at radius 2 is 2.11 bits per heavy atom. The molecule has 0 amide bonds. The van der Waals surface area contributed by atoms with Gasteiger partial charge in [-0.25, -0.2) is 0 Å². The van der Waals surface area contributed by atoms with E-state index >= 15 is 0 Å². The largest absolute Gasteiger partial charge is 0.384 e. The highest BCUT2D eigenvalue weighted by molar-refractivity contribution is 5.91. The molecule has 18 heavy (non-hydrogen) atoms. The van der Waals surface area contributed by atoms with E-state index in [4.69, 9.17) is 5.73 Å². The summed E-state index contributed by atoms with van der Waals surface area (Å²) in [5, 5.41) is 4.65. The number of aromatic nitrogens is 1. The average Bonchev–Trinajstić information content (AvgIpc) is 2.38. The lowest BCUT2D eigenvalue weighted by atomic mass is 10.1. The predicted molar refractivity (Wildman–Crippen MR) is 77.9 cm³/mol. The first-order valence-electron chi connectivity index (χ1n) is 6.56. The molecule has 1 aromatic heterocycles. The van der Waals surface area contributed by atoms with Gasteiger partial charge in [-0.05, 0) is 31.9 Å². The molecule has 2 aromatic rings. The normalized spacial score (nSPS) is 12.6. The highest BCUT2D eigenvalue weighted by Crippen LogP contribution is 2.22. The fraction of sp³-hybridized carbons (Fsp3) is 0.400. The minimum absolute atomic E-state index is 0.284. The van der Waals surface area contributed by atoms with Crippen molar-refractivity contribution < 1.29 is 0 Å². The van der Waals surface area contributed by atoms with Crippen molar-refractivity contribution in [3.63, 3.8) is 0 Å². The monoisotopic (exact) mass is 243 g/mol. The zero-order valence-corrected chi connectivity index (χ0v) is 11.1. The molecule has 0 saturated carbocycles. The zero-order valence-electron chi connectivity index (χ0n) is 11.1. The Morgan fingerprint density at radius 3 is 2.89 bits per heavy atom. The Bertz CT molecular complexity index is 522. The highest BCUT2D eigenvalue weighted by Gasteiger charge is 2.04. The number of nitrogens with one attached hydrogen (secondary N) is 1. The molecule has 0 bridgehead atoms. The lowest BCUT2D eigenvalue weighted by molar-refractivity contribution is 0.613.